The zero-order valence-corrected chi connectivity index (χ0v) is 14.3. The van der Waals surface area contributed by atoms with Gasteiger partial charge in [0.1, 0.15) is 0 Å². The Hall–Kier alpha value is -1.88. The average Bonchev–Trinajstić information content (AvgIpc) is 2.49. The van der Waals surface area contributed by atoms with Crippen molar-refractivity contribution in [1.82, 2.24) is 5.32 Å². The third kappa shape index (κ3) is 6.82. The summed E-state index contributed by atoms with van der Waals surface area (Å²) < 4.78 is 0. The maximum absolute atomic E-state index is 12.2. The first-order valence-electron chi connectivity index (χ1n) is 8.24. The van der Waals surface area contributed by atoms with E-state index in [0.29, 0.717) is 24.9 Å². The van der Waals surface area contributed by atoms with Crippen LogP contribution in [0.25, 0.3) is 0 Å². The van der Waals surface area contributed by atoms with Gasteiger partial charge in [-0.05, 0) is 30.5 Å². The number of rotatable bonds is 9. The van der Waals surface area contributed by atoms with E-state index in [1.807, 2.05) is 26.0 Å². The standard InChI is InChI=1S/C18H28N2O3/c1-4-10-18(23,11-5-2)13-17(22)20-15-8-6-14(7-9-15)12-16(21)19-3/h6-9,23H,4-5,10-13H2,1-3H3,(H,19,21)(H,20,22). The molecule has 2 amide bonds. The molecular formula is C18H28N2O3. The van der Waals surface area contributed by atoms with E-state index in [0.717, 1.165) is 18.4 Å². The Labute approximate surface area is 138 Å². The summed E-state index contributed by atoms with van der Waals surface area (Å²) in [5, 5.41) is 15.9. The maximum Gasteiger partial charge on any atom is 0.227 e. The van der Waals surface area contributed by atoms with Crippen LogP contribution in [0.4, 0.5) is 5.69 Å². The predicted molar refractivity (Wildman–Crippen MR) is 92.2 cm³/mol. The topological polar surface area (TPSA) is 78.4 Å². The van der Waals surface area contributed by atoms with E-state index < -0.39 is 5.60 Å². The minimum Gasteiger partial charge on any atom is -0.389 e. The van der Waals surface area contributed by atoms with Crippen molar-refractivity contribution in [2.45, 2.75) is 58.0 Å². The number of carbonyl (C=O) groups is 2. The number of likely N-dealkylation sites (N-methyl/N-ethyl adjacent to an activating group) is 1. The average molecular weight is 320 g/mol. The Morgan fingerprint density at radius 1 is 1.04 bits per heavy atom. The van der Waals surface area contributed by atoms with E-state index >= 15 is 0 Å². The number of anilines is 1. The molecular weight excluding hydrogens is 292 g/mol. The Bertz CT molecular complexity index is 506. The molecule has 0 fully saturated rings. The highest BCUT2D eigenvalue weighted by molar-refractivity contribution is 5.91. The molecule has 3 N–H and O–H groups in total. The van der Waals surface area contributed by atoms with Gasteiger partial charge in [-0.3, -0.25) is 9.59 Å². The molecule has 0 spiro atoms. The van der Waals surface area contributed by atoms with Crippen LogP contribution in [-0.4, -0.2) is 29.6 Å². The van der Waals surface area contributed by atoms with Crippen LogP contribution in [0.1, 0.15) is 51.5 Å². The van der Waals surface area contributed by atoms with Crippen molar-refractivity contribution in [3.8, 4) is 0 Å². The van der Waals surface area contributed by atoms with Crippen LogP contribution in [0.2, 0.25) is 0 Å². The highest BCUT2D eigenvalue weighted by Crippen LogP contribution is 2.24. The largest absolute Gasteiger partial charge is 0.389 e. The molecule has 5 heteroatoms. The summed E-state index contributed by atoms with van der Waals surface area (Å²) in [6, 6.07) is 7.17. The van der Waals surface area contributed by atoms with Crippen molar-refractivity contribution in [3.63, 3.8) is 0 Å². The third-order valence-corrected chi connectivity index (χ3v) is 3.80. The zero-order chi connectivity index (χ0) is 17.3. The fourth-order valence-electron chi connectivity index (χ4n) is 2.72. The molecule has 0 heterocycles. The van der Waals surface area contributed by atoms with Crippen LogP contribution in [0.15, 0.2) is 24.3 Å². The van der Waals surface area contributed by atoms with E-state index in [4.69, 9.17) is 0 Å². The minimum atomic E-state index is -0.924. The van der Waals surface area contributed by atoms with Crippen LogP contribution in [0.3, 0.4) is 0 Å². The number of nitrogens with one attached hydrogen (secondary N) is 2. The first-order valence-corrected chi connectivity index (χ1v) is 8.24. The predicted octanol–water partition coefficient (Wildman–Crippen LogP) is 2.64. The lowest BCUT2D eigenvalue weighted by atomic mass is 9.89. The third-order valence-electron chi connectivity index (χ3n) is 3.80. The lowest BCUT2D eigenvalue weighted by Gasteiger charge is -2.26. The van der Waals surface area contributed by atoms with Crippen molar-refractivity contribution < 1.29 is 14.7 Å². The normalized spacial score (nSPS) is 11.1. The molecule has 1 aromatic carbocycles. The Balaban J connectivity index is 2.61. The van der Waals surface area contributed by atoms with Crippen molar-refractivity contribution in [2.75, 3.05) is 12.4 Å². The summed E-state index contributed by atoms with van der Waals surface area (Å²) in [7, 11) is 1.60. The van der Waals surface area contributed by atoms with Gasteiger partial charge in [-0.2, -0.15) is 0 Å². The van der Waals surface area contributed by atoms with Crippen LogP contribution < -0.4 is 10.6 Å². The highest BCUT2D eigenvalue weighted by atomic mass is 16.3. The molecule has 1 aromatic rings. The number of benzene rings is 1. The molecule has 0 aliphatic rings. The van der Waals surface area contributed by atoms with Gasteiger partial charge in [0.05, 0.1) is 18.4 Å². The number of amides is 2. The number of hydrogen-bond donors (Lipinski definition) is 3. The summed E-state index contributed by atoms with van der Waals surface area (Å²) in [6.07, 6.45) is 3.36. The van der Waals surface area contributed by atoms with E-state index in [1.165, 1.54) is 0 Å². The minimum absolute atomic E-state index is 0.0500. The second-order valence-corrected chi connectivity index (χ2v) is 6.00. The fraction of sp³-hybridized carbons (Fsp3) is 0.556. The summed E-state index contributed by atoms with van der Waals surface area (Å²) in [5.74, 6) is -0.237. The molecule has 1 rings (SSSR count). The summed E-state index contributed by atoms with van der Waals surface area (Å²) in [5.41, 5.74) is 0.633. The lowest BCUT2D eigenvalue weighted by Crippen LogP contribution is -2.33. The van der Waals surface area contributed by atoms with Gasteiger partial charge in [-0.15, -0.1) is 0 Å². The zero-order valence-electron chi connectivity index (χ0n) is 14.3. The quantitative estimate of drug-likeness (QED) is 0.654. The van der Waals surface area contributed by atoms with Crippen molar-refractivity contribution in [3.05, 3.63) is 29.8 Å². The number of carbonyl (C=O) groups excluding carboxylic acids is 2. The van der Waals surface area contributed by atoms with E-state index in [2.05, 4.69) is 10.6 Å². The summed E-state index contributed by atoms with van der Waals surface area (Å²) >= 11 is 0. The molecule has 0 aromatic heterocycles. The van der Waals surface area contributed by atoms with Crippen LogP contribution in [0, 0.1) is 0 Å². The lowest BCUT2D eigenvalue weighted by molar-refractivity contribution is -0.122. The molecule has 0 saturated heterocycles. The monoisotopic (exact) mass is 320 g/mol. The van der Waals surface area contributed by atoms with E-state index in [1.54, 1.807) is 19.2 Å². The van der Waals surface area contributed by atoms with Gasteiger partial charge in [-0.25, -0.2) is 0 Å². The maximum atomic E-state index is 12.2. The van der Waals surface area contributed by atoms with Gasteiger partial charge in [0.25, 0.3) is 0 Å². The van der Waals surface area contributed by atoms with Gasteiger partial charge >= 0.3 is 0 Å². The summed E-state index contributed by atoms with van der Waals surface area (Å²) in [6.45, 7) is 4.01. The van der Waals surface area contributed by atoms with Crippen LogP contribution in [-0.2, 0) is 16.0 Å². The van der Waals surface area contributed by atoms with E-state index in [9.17, 15) is 14.7 Å². The Morgan fingerprint density at radius 2 is 1.61 bits per heavy atom. The summed E-state index contributed by atoms with van der Waals surface area (Å²) in [4.78, 5) is 23.5. The molecule has 23 heavy (non-hydrogen) atoms. The van der Waals surface area contributed by atoms with Gasteiger partial charge in [0, 0.05) is 12.7 Å². The van der Waals surface area contributed by atoms with Crippen molar-refractivity contribution in [1.29, 1.82) is 0 Å². The number of hydrogen-bond acceptors (Lipinski definition) is 3. The van der Waals surface area contributed by atoms with Crippen molar-refractivity contribution in [2.24, 2.45) is 0 Å². The van der Waals surface area contributed by atoms with Gasteiger partial charge in [0.15, 0.2) is 0 Å². The van der Waals surface area contributed by atoms with E-state index in [-0.39, 0.29) is 18.2 Å². The van der Waals surface area contributed by atoms with Gasteiger partial charge < -0.3 is 15.7 Å². The Kier molecular flexibility index (Phi) is 7.75. The smallest absolute Gasteiger partial charge is 0.227 e. The molecule has 0 saturated carbocycles. The molecule has 0 aliphatic heterocycles. The van der Waals surface area contributed by atoms with Crippen LogP contribution in [0.5, 0.6) is 0 Å². The second kappa shape index (κ2) is 9.30. The molecule has 128 valence electrons. The van der Waals surface area contributed by atoms with Gasteiger partial charge in [-0.1, -0.05) is 38.8 Å². The molecule has 0 bridgehead atoms. The number of aliphatic hydroxyl groups is 1. The fourth-order valence-corrected chi connectivity index (χ4v) is 2.72. The first kappa shape index (κ1) is 19.2. The molecule has 0 unspecified atom stereocenters. The molecule has 0 radical (unpaired) electrons. The van der Waals surface area contributed by atoms with Crippen LogP contribution >= 0.6 is 0 Å². The van der Waals surface area contributed by atoms with Gasteiger partial charge in [0.2, 0.25) is 11.8 Å². The molecule has 0 atom stereocenters. The second-order valence-electron chi connectivity index (χ2n) is 6.00. The Morgan fingerprint density at radius 3 is 2.09 bits per heavy atom. The molecule has 5 nitrogen and oxygen atoms in total. The first-order chi connectivity index (χ1) is 10.9. The highest BCUT2D eigenvalue weighted by Gasteiger charge is 2.28. The molecule has 0 aliphatic carbocycles. The SMILES string of the molecule is CCCC(O)(CCC)CC(=O)Nc1ccc(CC(=O)NC)cc1. The van der Waals surface area contributed by atoms with Crippen molar-refractivity contribution >= 4 is 17.5 Å².